The minimum Gasteiger partial charge on any atom is -0.490 e. The molecular weight excluding hydrogens is 467 g/mol. The van der Waals surface area contributed by atoms with Crippen LogP contribution in [0.5, 0.6) is 11.5 Å². The van der Waals surface area contributed by atoms with Gasteiger partial charge in [0.15, 0.2) is 21.7 Å². The fraction of sp³-hybridized carbons (Fsp3) is 0.136. The van der Waals surface area contributed by atoms with Gasteiger partial charge in [0, 0.05) is 0 Å². The quantitative estimate of drug-likeness (QED) is 0.381. The average molecular weight is 485 g/mol. The summed E-state index contributed by atoms with van der Waals surface area (Å²) in [7, 11) is 0. The summed E-state index contributed by atoms with van der Waals surface area (Å²) in [6, 6.07) is 9.74. The first-order valence-corrected chi connectivity index (χ1v) is 11.7. The molecule has 0 aliphatic carbocycles. The number of fused-ring (bicyclic) bond motifs is 1. The van der Waals surface area contributed by atoms with Crippen LogP contribution in [0.1, 0.15) is 22.8 Å². The van der Waals surface area contributed by atoms with Crippen LogP contribution in [-0.4, -0.2) is 45.1 Å². The first kappa shape index (κ1) is 22.7. The second-order valence-corrected chi connectivity index (χ2v) is 8.63. The lowest BCUT2D eigenvalue weighted by Gasteiger charge is -2.20. The van der Waals surface area contributed by atoms with Gasteiger partial charge < -0.3 is 9.47 Å². The molecular formula is C22H17FN4O4S2. The number of nitrogens with zero attached hydrogens (tertiary/aromatic N) is 3. The number of hydrazone groups is 1. The summed E-state index contributed by atoms with van der Waals surface area (Å²) in [5.74, 6) is -1.29. The molecule has 168 valence electrons. The molecule has 2 aliphatic rings. The van der Waals surface area contributed by atoms with Crippen molar-refractivity contribution in [1.82, 2.24) is 5.01 Å². The molecule has 0 aromatic heterocycles. The Balaban J connectivity index is 1.61. The van der Waals surface area contributed by atoms with Gasteiger partial charge in [-0.1, -0.05) is 6.07 Å². The second-order valence-electron chi connectivity index (χ2n) is 6.63. The molecule has 4 rings (SSSR count). The topological polar surface area (TPSA) is 104 Å². The summed E-state index contributed by atoms with van der Waals surface area (Å²) in [5, 5.41) is 14.4. The van der Waals surface area contributed by atoms with Crippen LogP contribution < -0.4 is 9.47 Å². The van der Waals surface area contributed by atoms with Crippen LogP contribution in [0.3, 0.4) is 0 Å². The van der Waals surface area contributed by atoms with Crippen molar-refractivity contribution in [1.29, 1.82) is 5.41 Å². The van der Waals surface area contributed by atoms with Gasteiger partial charge in [0.1, 0.15) is 5.82 Å². The zero-order valence-corrected chi connectivity index (χ0v) is 19.1. The summed E-state index contributed by atoms with van der Waals surface area (Å²) >= 11 is 2.64. The van der Waals surface area contributed by atoms with Gasteiger partial charge in [-0.2, -0.15) is 10.0 Å². The first-order valence-electron chi connectivity index (χ1n) is 9.68. The van der Waals surface area contributed by atoms with Crippen LogP contribution in [0.25, 0.3) is 6.08 Å². The number of thioether (sulfide) groups is 2. The maximum Gasteiger partial charge on any atom is 0.343 e. The van der Waals surface area contributed by atoms with E-state index in [-0.39, 0.29) is 28.5 Å². The Bertz CT molecular complexity index is 1240. The molecule has 33 heavy (non-hydrogen) atoms. The van der Waals surface area contributed by atoms with E-state index in [0.29, 0.717) is 21.7 Å². The highest BCUT2D eigenvalue weighted by Crippen LogP contribution is 2.33. The number of esters is 1. The molecule has 2 aromatic carbocycles. The lowest BCUT2D eigenvalue weighted by Crippen LogP contribution is -2.35. The number of amides is 1. The Morgan fingerprint density at radius 3 is 2.70 bits per heavy atom. The molecule has 0 fully saturated rings. The third-order valence-electron chi connectivity index (χ3n) is 4.47. The Morgan fingerprint density at radius 2 is 2.00 bits per heavy atom. The molecule has 2 aliphatic heterocycles. The monoisotopic (exact) mass is 484 g/mol. The van der Waals surface area contributed by atoms with E-state index in [9.17, 15) is 14.0 Å². The Labute approximate surface area is 197 Å². The lowest BCUT2D eigenvalue weighted by molar-refractivity contribution is -0.114. The average Bonchev–Trinajstić information content (AvgIpc) is 3.22. The summed E-state index contributed by atoms with van der Waals surface area (Å²) in [6.45, 7) is 2.08. The van der Waals surface area contributed by atoms with E-state index >= 15 is 0 Å². The number of hydrogen-bond acceptors (Lipinski definition) is 8. The van der Waals surface area contributed by atoms with Crippen LogP contribution in [0.2, 0.25) is 0 Å². The van der Waals surface area contributed by atoms with Crippen molar-refractivity contribution in [3.05, 3.63) is 65.0 Å². The van der Waals surface area contributed by atoms with Crippen LogP contribution in [0.4, 0.5) is 4.39 Å². The molecule has 0 unspecified atom stereocenters. The van der Waals surface area contributed by atoms with Crippen LogP contribution in [0, 0.1) is 11.2 Å². The number of amidine groups is 2. The van der Waals surface area contributed by atoms with Gasteiger partial charge in [0.2, 0.25) is 5.17 Å². The largest absolute Gasteiger partial charge is 0.490 e. The lowest BCUT2D eigenvalue weighted by atomic mass is 10.1. The Hall–Kier alpha value is -3.44. The predicted octanol–water partition coefficient (Wildman–Crippen LogP) is 4.38. The molecule has 0 bridgehead atoms. The molecule has 11 heteroatoms. The van der Waals surface area contributed by atoms with Crippen molar-refractivity contribution in [3.63, 3.8) is 0 Å². The smallest absolute Gasteiger partial charge is 0.343 e. The van der Waals surface area contributed by atoms with E-state index in [0.717, 1.165) is 0 Å². The number of carbonyl (C=O) groups excluding carboxylic acids is 2. The predicted molar refractivity (Wildman–Crippen MR) is 127 cm³/mol. The van der Waals surface area contributed by atoms with Crippen molar-refractivity contribution < 1.29 is 23.5 Å². The maximum absolute atomic E-state index is 13.1. The fourth-order valence-electron chi connectivity index (χ4n) is 2.94. The number of benzene rings is 2. The molecule has 2 aromatic rings. The number of carbonyl (C=O) groups is 2. The van der Waals surface area contributed by atoms with Crippen molar-refractivity contribution in [2.45, 2.75) is 6.92 Å². The molecule has 8 nitrogen and oxygen atoms in total. The molecule has 0 spiro atoms. The van der Waals surface area contributed by atoms with Gasteiger partial charge in [0.05, 0.1) is 17.7 Å². The molecule has 0 saturated carbocycles. The van der Waals surface area contributed by atoms with E-state index in [2.05, 4.69) is 10.1 Å². The molecule has 0 atom stereocenters. The van der Waals surface area contributed by atoms with Gasteiger partial charge in [-0.3, -0.25) is 10.2 Å². The summed E-state index contributed by atoms with van der Waals surface area (Å²) in [5.41, 5.74) is 0.810. The minimum atomic E-state index is -0.665. The number of ether oxygens (including phenoxy) is 2. The molecule has 0 radical (unpaired) electrons. The normalized spacial score (nSPS) is 16.5. The summed E-state index contributed by atoms with van der Waals surface area (Å²) in [6.07, 6.45) is 3.36. The van der Waals surface area contributed by atoms with E-state index in [1.165, 1.54) is 64.9 Å². The first-order chi connectivity index (χ1) is 15.9. The fourth-order valence-corrected chi connectivity index (χ4v) is 4.28. The van der Waals surface area contributed by atoms with Crippen LogP contribution in [0.15, 0.2) is 58.1 Å². The Kier molecular flexibility index (Phi) is 6.61. The van der Waals surface area contributed by atoms with Crippen LogP contribution in [-0.2, 0) is 4.79 Å². The number of hydrogen-bond donors (Lipinski definition) is 1. The van der Waals surface area contributed by atoms with E-state index in [1.54, 1.807) is 19.1 Å². The van der Waals surface area contributed by atoms with Crippen molar-refractivity contribution in [2.24, 2.45) is 10.1 Å². The molecule has 2 heterocycles. The SMILES string of the molecule is CCOc1cc(/C=C2/C(=N)N3N=C(SC)SC3=NC2=O)ccc1OC(=O)c1ccc(F)cc1. The second kappa shape index (κ2) is 9.59. The number of nitrogens with one attached hydrogen (secondary N) is 1. The number of rotatable bonds is 5. The van der Waals surface area contributed by atoms with Gasteiger partial charge in [-0.25, -0.2) is 9.18 Å². The van der Waals surface area contributed by atoms with Gasteiger partial charge in [-0.05, 0) is 73.0 Å². The molecule has 0 saturated heterocycles. The van der Waals surface area contributed by atoms with Crippen molar-refractivity contribution >= 4 is 56.9 Å². The Morgan fingerprint density at radius 1 is 1.24 bits per heavy atom. The third kappa shape index (κ3) is 4.83. The standard InChI is InChI=1S/C22H17FN4O4S2/c1-3-30-17-11-12(4-9-16(17)31-20(29)13-5-7-14(23)8-6-13)10-15-18(24)27-21(25-19(15)28)33-22(26-27)32-2/h4-11,24H,3H2,1-2H3/b15-10-,24-18?. The zero-order valence-electron chi connectivity index (χ0n) is 17.5. The minimum absolute atomic E-state index is 0.0731. The number of aliphatic imine (C=N–C) groups is 1. The summed E-state index contributed by atoms with van der Waals surface area (Å²) < 4.78 is 24.8. The zero-order chi connectivity index (χ0) is 23.5. The van der Waals surface area contributed by atoms with Gasteiger partial charge >= 0.3 is 5.97 Å². The van der Waals surface area contributed by atoms with Gasteiger partial charge in [0.25, 0.3) is 5.91 Å². The highest BCUT2D eigenvalue weighted by molar-refractivity contribution is 8.45. The van der Waals surface area contributed by atoms with E-state index in [4.69, 9.17) is 14.9 Å². The highest BCUT2D eigenvalue weighted by atomic mass is 32.2. The van der Waals surface area contributed by atoms with Crippen molar-refractivity contribution in [3.8, 4) is 11.5 Å². The molecule has 1 N–H and O–H groups in total. The maximum atomic E-state index is 13.1. The van der Waals surface area contributed by atoms with Crippen LogP contribution >= 0.6 is 23.5 Å². The number of halogens is 1. The van der Waals surface area contributed by atoms with E-state index in [1.807, 2.05) is 6.26 Å². The highest BCUT2D eigenvalue weighted by Gasteiger charge is 2.35. The summed E-state index contributed by atoms with van der Waals surface area (Å²) in [4.78, 5) is 29.0. The molecule has 1 amide bonds. The van der Waals surface area contributed by atoms with E-state index < -0.39 is 17.7 Å². The van der Waals surface area contributed by atoms with Crippen molar-refractivity contribution in [2.75, 3.05) is 12.9 Å². The third-order valence-corrected chi connectivity index (χ3v) is 6.36. The van der Waals surface area contributed by atoms with Gasteiger partial charge in [-0.15, -0.1) is 16.9 Å².